The van der Waals surface area contributed by atoms with Gasteiger partial charge in [-0.2, -0.15) is 0 Å². The number of halogens is 1. The normalized spacial score (nSPS) is 12.6. The van der Waals surface area contributed by atoms with Gasteiger partial charge in [0.2, 0.25) is 0 Å². The van der Waals surface area contributed by atoms with Crippen LogP contribution in [0.5, 0.6) is 0 Å². The molecule has 0 bridgehead atoms. The van der Waals surface area contributed by atoms with Crippen LogP contribution >= 0.6 is 27.3 Å². The molecule has 1 unspecified atom stereocenters. The Bertz CT molecular complexity index is 562. The van der Waals surface area contributed by atoms with E-state index in [9.17, 15) is 0 Å². The summed E-state index contributed by atoms with van der Waals surface area (Å²) in [6, 6.07) is 9.45. The van der Waals surface area contributed by atoms with Crippen molar-refractivity contribution in [3.63, 3.8) is 0 Å². The molecule has 1 heterocycles. The van der Waals surface area contributed by atoms with E-state index in [1.807, 2.05) is 11.3 Å². The second kappa shape index (κ2) is 7.39. The van der Waals surface area contributed by atoms with E-state index in [-0.39, 0.29) is 0 Å². The van der Waals surface area contributed by atoms with Crippen LogP contribution in [0.1, 0.15) is 41.0 Å². The van der Waals surface area contributed by atoms with Gasteiger partial charge in [-0.05, 0) is 71.9 Å². The fourth-order valence-electron chi connectivity index (χ4n) is 2.27. The first-order chi connectivity index (χ1) is 9.60. The van der Waals surface area contributed by atoms with Crippen LogP contribution in [-0.4, -0.2) is 6.54 Å². The van der Waals surface area contributed by atoms with Crippen molar-refractivity contribution < 1.29 is 0 Å². The fourth-order valence-corrected chi connectivity index (χ4v) is 3.79. The van der Waals surface area contributed by atoms with E-state index in [1.165, 1.54) is 26.0 Å². The quantitative estimate of drug-likeness (QED) is 0.733. The van der Waals surface area contributed by atoms with E-state index in [0.29, 0.717) is 6.04 Å². The molecule has 0 spiro atoms. The molecule has 2 aromatic rings. The average Bonchev–Trinajstić information content (AvgIpc) is 2.85. The van der Waals surface area contributed by atoms with Crippen molar-refractivity contribution in [1.29, 1.82) is 0 Å². The summed E-state index contributed by atoms with van der Waals surface area (Å²) < 4.78 is 1.18. The van der Waals surface area contributed by atoms with Gasteiger partial charge in [0.25, 0.3) is 0 Å². The summed E-state index contributed by atoms with van der Waals surface area (Å²) in [6.45, 7) is 7.63. The van der Waals surface area contributed by atoms with Crippen molar-refractivity contribution in [2.24, 2.45) is 0 Å². The molecule has 2 rings (SSSR count). The maximum Gasteiger partial charge on any atom is 0.0456 e. The topological polar surface area (TPSA) is 12.0 Å². The van der Waals surface area contributed by atoms with Crippen molar-refractivity contribution in [3.05, 3.63) is 55.7 Å². The summed E-state index contributed by atoms with van der Waals surface area (Å²) in [4.78, 5) is 1.41. The molecular formula is C17H22BrNS. The monoisotopic (exact) mass is 351 g/mol. The molecule has 0 aliphatic heterocycles. The lowest BCUT2D eigenvalue weighted by atomic mass is 10.00. The number of nitrogens with one attached hydrogen (secondary N) is 1. The molecule has 108 valence electrons. The van der Waals surface area contributed by atoms with E-state index in [4.69, 9.17) is 0 Å². The maximum atomic E-state index is 3.67. The first kappa shape index (κ1) is 15.7. The van der Waals surface area contributed by atoms with Gasteiger partial charge in [0, 0.05) is 20.8 Å². The Hall–Kier alpha value is -0.640. The third-order valence-corrected chi connectivity index (χ3v) is 5.39. The predicted molar refractivity (Wildman–Crippen MR) is 92.7 cm³/mol. The predicted octanol–water partition coefficient (Wildman–Crippen LogP) is 5.41. The molecule has 0 saturated carbocycles. The second-order valence-corrected chi connectivity index (χ2v) is 7.16. The molecule has 1 aromatic heterocycles. The number of aryl methyl sites for hydroxylation is 2. The molecule has 0 saturated heterocycles. The molecule has 20 heavy (non-hydrogen) atoms. The van der Waals surface area contributed by atoms with Gasteiger partial charge in [0.15, 0.2) is 0 Å². The van der Waals surface area contributed by atoms with Crippen LogP contribution in [0, 0.1) is 13.8 Å². The SMILES string of the molecule is CCCNC(Cc1ccc(C)c(C)c1)c1cc(Br)cs1. The van der Waals surface area contributed by atoms with E-state index in [1.54, 1.807) is 0 Å². The summed E-state index contributed by atoms with van der Waals surface area (Å²) in [5.41, 5.74) is 4.15. The van der Waals surface area contributed by atoms with Crippen molar-refractivity contribution in [3.8, 4) is 0 Å². The third-order valence-electron chi connectivity index (χ3n) is 3.58. The van der Waals surface area contributed by atoms with Gasteiger partial charge in [-0.1, -0.05) is 25.1 Å². The molecule has 3 heteroatoms. The average molecular weight is 352 g/mol. The highest BCUT2D eigenvalue weighted by atomic mass is 79.9. The van der Waals surface area contributed by atoms with Gasteiger partial charge in [0.1, 0.15) is 0 Å². The van der Waals surface area contributed by atoms with Gasteiger partial charge in [-0.25, -0.2) is 0 Å². The molecule has 0 radical (unpaired) electrons. The molecule has 1 aromatic carbocycles. The van der Waals surface area contributed by atoms with E-state index < -0.39 is 0 Å². The highest BCUT2D eigenvalue weighted by molar-refractivity contribution is 9.10. The lowest BCUT2D eigenvalue weighted by Gasteiger charge is -2.18. The second-order valence-electron chi connectivity index (χ2n) is 5.30. The van der Waals surface area contributed by atoms with Crippen molar-refractivity contribution >= 4 is 27.3 Å². The number of hydrogen-bond donors (Lipinski definition) is 1. The Labute approximate surface area is 134 Å². The van der Waals surface area contributed by atoms with E-state index in [2.05, 4.69) is 71.7 Å². The van der Waals surface area contributed by atoms with Crippen LogP contribution in [0.25, 0.3) is 0 Å². The Kier molecular flexibility index (Phi) is 5.82. The molecule has 0 amide bonds. The highest BCUT2D eigenvalue weighted by Gasteiger charge is 2.14. The van der Waals surface area contributed by atoms with Crippen LogP contribution in [0.2, 0.25) is 0 Å². The van der Waals surface area contributed by atoms with Crippen LogP contribution in [0.3, 0.4) is 0 Å². The largest absolute Gasteiger partial charge is 0.309 e. The minimum atomic E-state index is 0.411. The maximum absolute atomic E-state index is 3.67. The number of rotatable bonds is 6. The highest BCUT2D eigenvalue weighted by Crippen LogP contribution is 2.28. The number of hydrogen-bond acceptors (Lipinski definition) is 2. The smallest absolute Gasteiger partial charge is 0.0456 e. The molecule has 0 aliphatic rings. The summed E-state index contributed by atoms with van der Waals surface area (Å²) >= 11 is 5.38. The third kappa shape index (κ3) is 4.18. The van der Waals surface area contributed by atoms with Crippen LogP contribution in [-0.2, 0) is 6.42 Å². The Morgan fingerprint density at radius 2 is 2.00 bits per heavy atom. The fraction of sp³-hybridized carbons (Fsp3) is 0.412. The molecule has 1 atom stereocenters. The molecular weight excluding hydrogens is 330 g/mol. The Balaban J connectivity index is 2.16. The van der Waals surface area contributed by atoms with Crippen molar-refractivity contribution in [2.45, 2.75) is 39.7 Å². The van der Waals surface area contributed by atoms with Crippen LogP contribution in [0.4, 0.5) is 0 Å². The minimum Gasteiger partial charge on any atom is -0.309 e. The lowest BCUT2D eigenvalue weighted by Crippen LogP contribution is -2.23. The standard InChI is InChI=1S/C17H22BrNS/c1-4-7-19-16(17-10-15(18)11-20-17)9-14-6-5-12(2)13(3)8-14/h5-6,8,10-11,16,19H,4,7,9H2,1-3H3. The van der Waals surface area contributed by atoms with Gasteiger partial charge >= 0.3 is 0 Å². The summed E-state index contributed by atoms with van der Waals surface area (Å²) in [5, 5.41) is 5.83. The minimum absolute atomic E-state index is 0.411. The molecule has 0 aliphatic carbocycles. The zero-order chi connectivity index (χ0) is 14.5. The summed E-state index contributed by atoms with van der Waals surface area (Å²) in [6.07, 6.45) is 2.21. The van der Waals surface area contributed by atoms with Crippen molar-refractivity contribution in [1.82, 2.24) is 5.32 Å². The van der Waals surface area contributed by atoms with E-state index >= 15 is 0 Å². The van der Waals surface area contributed by atoms with Gasteiger partial charge < -0.3 is 5.32 Å². The number of thiophene rings is 1. The zero-order valence-electron chi connectivity index (χ0n) is 12.4. The van der Waals surface area contributed by atoms with E-state index in [0.717, 1.165) is 19.4 Å². The number of benzene rings is 1. The van der Waals surface area contributed by atoms with Crippen molar-refractivity contribution in [2.75, 3.05) is 6.54 Å². The first-order valence-electron chi connectivity index (χ1n) is 7.13. The summed E-state index contributed by atoms with van der Waals surface area (Å²) in [7, 11) is 0. The Morgan fingerprint density at radius 1 is 1.20 bits per heavy atom. The first-order valence-corrected chi connectivity index (χ1v) is 8.81. The van der Waals surface area contributed by atoms with Crippen LogP contribution in [0.15, 0.2) is 34.1 Å². The van der Waals surface area contributed by atoms with Crippen LogP contribution < -0.4 is 5.32 Å². The Morgan fingerprint density at radius 3 is 2.60 bits per heavy atom. The molecule has 1 N–H and O–H groups in total. The molecule has 1 nitrogen and oxygen atoms in total. The zero-order valence-corrected chi connectivity index (χ0v) is 14.8. The van der Waals surface area contributed by atoms with Gasteiger partial charge in [0.05, 0.1) is 0 Å². The molecule has 0 fully saturated rings. The lowest BCUT2D eigenvalue weighted by molar-refractivity contribution is 0.536. The summed E-state index contributed by atoms with van der Waals surface area (Å²) in [5.74, 6) is 0. The van der Waals surface area contributed by atoms with Gasteiger partial charge in [-0.15, -0.1) is 11.3 Å². The van der Waals surface area contributed by atoms with Gasteiger partial charge in [-0.3, -0.25) is 0 Å².